The minimum Gasteiger partial charge on any atom is -0.465 e. The molecule has 6 heteroatoms. The van der Waals surface area contributed by atoms with E-state index in [2.05, 4.69) is 24.3 Å². The molecule has 98 valence electrons. The molecule has 3 atom stereocenters. The Bertz CT molecular complexity index is 473. The Morgan fingerprint density at radius 3 is 2.78 bits per heavy atom. The third-order valence-corrected chi connectivity index (χ3v) is 3.78. The van der Waals surface area contributed by atoms with Crippen molar-refractivity contribution < 1.29 is 14.6 Å². The Morgan fingerprint density at radius 2 is 2.22 bits per heavy atom. The summed E-state index contributed by atoms with van der Waals surface area (Å²) in [6.07, 6.45) is -1.07. The first-order chi connectivity index (χ1) is 8.58. The highest BCUT2D eigenvalue weighted by Gasteiger charge is 2.56. The highest BCUT2D eigenvalue weighted by atomic mass is 16.5. The number of carboxylic acid groups (broad SMARTS) is 1. The van der Waals surface area contributed by atoms with Crippen molar-refractivity contribution in [3.63, 3.8) is 0 Å². The van der Waals surface area contributed by atoms with Crippen molar-refractivity contribution in [3.05, 3.63) is 11.8 Å². The minimum absolute atomic E-state index is 0.228. The fraction of sp³-hybridized carbons (Fsp3) is 0.667. The van der Waals surface area contributed by atoms with Gasteiger partial charge in [-0.3, -0.25) is 10.00 Å². The fourth-order valence-corrected chi connectivity index (χ4v) is 2.92. The van der Waals surface area contributed by atoms with Crippen LogP contribution in [-0.2, 0) is 4.74 Å². The van der Waals surface area contributed by atoms with Crippen LogP contribution in [0, 0.1) is 11.8 Å². The first-order valence-electron chi connectivity index (χ1n) is 6.25. The molecule has 1 saturated carbocycles. The molecule has 6 nitrogen and oxygen atoms in total. The van der Waals surface area contributed by atoms with E-state index in [-0.39, 0.29) is 6.04 Å². The first-order valence-corrected chi connectivity index (χ1v) is 6.25. The van der Waals surface area contributed by atoms with E-state index in [1.165, 1.54) is 0 Å². The topological polar surface area (TPSA) is 76.4 Å². The maximum Gasteiger partial charge on any atom is 0.410 e. The highest BCUT2D eigenvalue weighted by molar-refractivity contribution is 5.81. The molecule has 1 amide bonds. The third-order valence-electron chi connectivity index (χ3n) is 3.78. The van der Waals surface area contributed by atoms with Gasteiger partial charge in [0.25, 0.3) is 0 Å². The molecule has 1 aromatic rings. The van der Waals surface area contributed by atoms with Crippen molar-refractivity contribution in [1.29, 1.82) is 0 Å². The van der Waals surface area contributed by atoms with Gasteiger partial charge >= 0.3 is 6.09 Å². The zero-order chi connectivity index (χ0) is 12.9. The molecule has 3 rings (SSSR count). The van der Waals surface area contributed by atoms with Crippen molar-refractivity contribution in [2.75, 3.05) is 18.5 Å². The summed E-state index contributed by atoms with van der Waals surface area (Å²) in [4.78, 5) is 10.7. The van der Waals surface area contributed by atoms with Crippen LogP contribution in [0.5, 0.6) is 0 Å². The summed E-state index contributed by atoms with van der Waals surface area (Å²) >= 11 is 0. The molecule has 0 unspecified atom stereocenters. The normalized spacial score (nSPS) is 29.4. The quantitative estimate of drug-likeness (QED) is 0.860. The van der Waals surface area contributed by atoms with Crippen LogP contribution < -0.4 is 5.32 Å². The van der Waals surface area contributed by atoms with Crippen LogP contribution in [0.3, 0.4) is 0 Å². The van der Waals surface area contributed by atoms with Gasteiger partial charge in [-0.2, -0.15) is 5.10 Å². The van der Waals surface area contributed by atoms with Crippen molar-refractivity contribution in [2.24, 2.45) is 11.8 Å². The highest BCUT2D eigenvalue weighted by Crippen LogP contribution is 2.57. The van der Waals surface area contributed by atoms with E-state index in [1.807, 2.05) is 10.7 Å². The van der Waals surface area contributed by atoms with Gasteiger partial charge in [0.2, 0.25) is 0 Å². The fourth-order valence-electron chi connectivity index (χ4n) is 2.92. The number of hydrogen-bond acceptors (Lipinski definition) is 3. The third kappa shape index (κ3) is 1.77. The molecular formula is C12H17N3O3. The molecule has 18 heavy (non-hydrogen) atoms. The molecule has 2 aliphatic rings. The maximum atomic E-state index is 10.7. The number of ether oxygens (including phenoxy) is 1. The maximum absolute atomic E-state index is 10.7. The van der Waals surface area contributed by atoms with Crippen molar-refractivity contribution in [1.82, 2.24) is 9.78 Å². The number of hydrogen-bond donors (Lipinski definition) is 2. The van der Waals surface area contributed by atoms with E-state index in [4.69, 9.17) is 9.84 Å². The lowest BCUT2D eigenvalue weighted by Crippen LogP contribution is -2.11. The Balaban J connectivity index is 1.87. The van der Waals surface area contributed by atoms with E-state index >= 15 is 0 Å². The molecule has 2 heterocycles. The standard InChI is InChI=1S/C12H17N3O3/c1-6(2)15-9(3-10(14-15)13-12(16)17)11-7-4-18-5-8(7)11/h3,6-8,11H,4-5H2,1-2H3,(H,13,14)(H,16,17)/t7-,8+,11-. The minimum atomic E-state index is -1.07. The Morgan fingerprint density at radius 1 is 1.56 bits per heavy atom. The lowest BCUT2D eigenvalue weighted by atomic mass is 10.2. The summed E-state index contributed by atoms with van der Waals surface area (Å²) in [6, 6.07) is 2.09. The number of carbonyl (C=O) groups is 1. The SMILES string of the molecule is CC(C)n1nc(NC(=O)O)cc1[C@@H]1[C@@H]2COC[C@@H]21. The average Bonchev–Trinajstić information content (AvgIpc) is 2.67. The molecule has 1 saturated heterocycles. The number of nitrogens with one attached hydrogen (secondary N) is 1. The lowest BCUT2D eigenvalue weighted by Gasteiger charge is -2.11. The van der Waals surface area contributed by atoms with Crippen LogP contribution in [0.1, 0.15) is 31.5 Å². The van der Waals surface area contributed by atoms with Crippen molar-refractivity contribution >= 4 is 11.9 Å². The van der Waals surface area contributed by atoms with E-state index in [9.17, 15) is 4.79 Å². The summed E-state index contributed by atoms with van der Waals surface area (Å²) in [6.45, 7) is 5.74. The second kappa shape index (κ2) is 3.98. The predicted molar refractivity (Wildman–Crippen MR) is 64.8 cm³/mol. The molecule has 1 aliphatic heterocycles. The predicted octanol–water partition coefficient (Wildman–Crippen LogP) is 1.91. The Kier molecular flexibility index (Phi) is 2.55. The molecule has 0 aromatic carbocycles. The van der Waals surface area contributed by atoms with Gasteiger partial charge in [0, 0.05) is 23.7 Å². The summed E-state index contributed by atoms with van der Waals surface area (Å²) in [7, 11) is 0. The first kappa shape index (κ1) is 11.5. The Labute approximate surface area is 105 Å². The molecule has 2 fully saturated rings. The molecule has 0 radical (unpaired) electrons. The van der Waals surface area contributed by atoms with Crippen LogP contribution >= 0.6 is 0 Å². The number of fused-ring (bicyclic) bond motifs is 1. The zero-order valence-electron chi connectivity index (χ0n) is 10.5. The van der Waals surface area contributed by atoms with Gasteiger partial charge < -0.3 is 9.84 Å². The van der Waals surface area contributed by atoms with Gasteiger partial charge in [0.1, 0.15) is 0 Å². The zero-order valence-corrected chi connectivity index (χ0v) is 10.5. The van der Waals surface area contributed by atoms with Gasteiger partial charge in [-0.05, 0) is 25.7 Å². The summed E-state index contributed by atoms with van der Waals surface area (Å²) < 4.78 is 7.32. The van der Waals surface area contributed by atoms with Crippen LogP contribution in [0.25, 0.3) is 0 Å². The number of aromatic nitrogens is 2. The van der Waals surface area contributed by atoms with E-state index in [0.717, 1.165) is 18.9 Å². The monoisotopic (exact) mass is 251 g/mol. The second-order valence-corrected chi connectivity index (χ2v) is 5.31. The van der Waals surface area contributed by atoms with E-state index < -0.39 is 6.09 Å². The van der Waals surface area contributed by atoms with Crippen LogP contribution in [-0.4, -0.2) is 34.2 Å². The molecular weight excluding hydrogens is 234 g/mol. The van der Waals surface area contributed by atoms with Crippen LogP contribution in [0.2, 0.25) is 0 Å². The summed E-state index contributed by atoms with van der Waals surface area (Å²) in [5, 5.41) is 15.4. The van der Waals surface area contributed by atoms with Crippen LogP contribution in [0.4, 0.5) is 10.6 Å². The summed E-state index contributed by atoms with van der Waals surface area (Å²) in [5.41, 5.74) is 1.13. The van der Waals surface area contributed by atoms with Gasteiger partial charge in [-0.25, -0.2) is 4.79 Å². The van der Waals surface area contributed by atoms with Gasteiger partial charge in [0.15, 0.2) is 5.82 Å². The molecule has 2 N–H and O–H groups in total. The summed E-state index contributed by atoms with van der Waals surface area (Å²) in [5.74, 6) is 2.09. The number of amides is 1. The lowest BCUT2D eigenvalue weighted by molar-refractivity contribution is 0.159. The molecule has 0 spiro atoms. The van der Waals surface area contributed by atoms with E-state index in [1.54, 1.807) is 0 Å². The average molecular weight is 251 g/mol. The van der Waals surface area contributed by atoms with E-state index in [0.29, 0.717) is 23.6 Å². The van der Waals surface area contributed by atoms with Gasteiger partial charge in [-0.1, -0.05) is 0 Å². The number of nitrogens with zero attached hydrogens (tertiary/aromatic N) is 2. The Hall–Kier alpha value is -1.56. The molecule has 1 aliphatic carbocycles. The number of anilines is 1. The van der Waals surface area contributed by atoms with Crippen molar-refractivity contribution in [2.45, 2.75) is 25.8 Å². The van der Waals surface area contributed by atoms with Crippen molar-refractivity contribution in [3.8, 4) is 0 Å². The van der Waals surface area contributed by atoms with Gasteiger partial charge in [-0.15, -0.1) is 0 Å². The van der Waals surface area contributed by atoms with Crippen LogP contribution in [0.15, 0.2) is 6.07 Å². The smallest absolute Gasteiger partial charge is 0.410 e. The molecule has 1 aromatic heterocycles. The second-order valence-electron chi connectivity index (χ2n) is 5.31. The largest absolute Gasteiger partial charge is 0.465 e. The number of rotatable bonds is 3. The molecule has 0 bridgehead atoms. The van der Waals surface area contributed by atoms with Gasteiger partial charge in [0.05, 0.1) is 13.2 Å².